The van der Waals surface area contributed by atoms with E-state index in [0.717, 1.165) is 17.1 Å². The highest BCUT2D eigenvalue weighted by Gasteiger charge is 2.04. The fourth-order valence-corrected chi connectivity index (χ4v) is 1.97. The van der Waals surface area contributed by atoms with Crippen molar-refractivity contribution in [3.05, 3.63) is 59.4 Å². The van der Waals surface area contributed by atoms with Crippen LogP contribution in [0.5, 0.6) is 5.75 Å². The number of benzene rings is 1. The van der Waals surface area contributed by atoms with Crippen LogP contribution in [0.15, 0.2) is 48.7 Å². The summed E-state index contributed by atoms with van der Waals surface area (Å²) in [5.74, 6) is 1.41. The molecule has 0 bridgehead atoms. The molecule has 5 heteroatoms. The van der Waals surface area contributed by atoms with E-state index in [-0.39, 0.29) is 0 Å². The third-order valence-corrected chi connectivity index (χ3v) is 3.03. The first-order chi connectivity index (χ1) is 9.22. The molecule has 3 rings (SSSR count). The lowest BCUT2D eigenvalue weighted by atomic mass is 10.3. The predicted octanol–water partition coefficient (Wildman–Crippen LogP) is 3.15. The van der Waals surface area contributed by atoms with Crippen LogP contribution in [-0.2, 0) is 6.61 Å². The summed E-state index contributed by atoms with van der Waals surface area (Å²) in [6.45, 7) is 0.392. The predicted molar refractivity (Wildman–Crippen MR) is 75.4 cm³/mol. The summed E-state index contributed by atoms with van der Waals surface area (Å²) in [6, 6.07) is 12.8. The molecule has 19 heavy (non-hydrogen) atoms. The van der Waals surface area contributed by atoms with Crippen molar-refractivity contribution < 1.29 is 4.74 Å². The number of fused-ring (bicyclic) bond motifs is 1. The summed E-state index contributed by atoms with van der Waals surface area (Å²) < 4.78 is 7.48. The number of hydrogen-bond donors (Lipinski definition) is 1. The molecule has 0 saturated heterocycles. The maximum Gasteiger partial charge on any atom is 0.138 e. The first kappa shape index (κ1) is 11.9. The summed E-state index contributed by atoms with van der Waals surface area (Å²) in [5, 5.41) is 0.688. The summed E-state index contributed by atoms with van der Waals surface area (Å²) in [5.41, 5.74) is 7.50. The average molecular weight is 274 g/mol. The van der Waals surface area contributed by atoms with Crippen LogP contribution < -0.4 is 10.5 Å². The monoisotopic (exact) mass is 273 g/mol. The smallest absolute Gasteiger partial charge is 0.138 e. The van der Waals surface area contributed by atoms with E-state index in [1.807, 2.05) is 40.9 Å². The van der Waals surface area contributed by atoms with E-state index in [0.29, 0.717) is 17.4 Å². The zero-order valence-electron chi connectivity index (χ0n) is 10.1. The van der Waals surface area contributed by atoms with E-state index < -0.39 is 0 Å². The van der Waals surface area contributed by atoms with E-state index in [1.165, 1.54) is 0 Å². The van der Waals surface area contributed by atoms with Gasteiger partial charge in [0.15, 0.2) is 0 Å². The lowest BCUT2D eigenvalue weighted by Crippen LogP contribution is -1.95. The molecule has 0 amide bonds. The van der Waals surface area contributed by atoms with Crippen molar-refractivity contribution in [3.63, 3.8) is 0 Å². The molecule has 2 N–H and O–H groups in total. The third-order valence-electron chi connectivity index (χ3n) is 2.77. The number of aromatic nitrogens is 2. The zero-order chi connectivity index (χ0) is 13.2. The van der Waals surface area contributed by atoms with Gasteiger partial charge in [0.1, 0.15) is 23.8 Å². The van der Waals surface area contributed by atoms with Crippen LogP contribution >= 0.6 is 11.6 Å². The Hall–Kier alpha value is -2.20. The van der Waals surface area contributed by atoms with Gasteiger partial charge in [0.2, 0.25) is 0 Å². The molecule has 0 aliphatic carbocycles. The van der Waals surface area contributed by atoms with E-state index >= 15 is 0 Å². The number of nitrogen functional groups attached to an aromatic ring is 1. The molecule has 0 aliphatic rings. The first-order valence-corrected chi connectivity index (χ1v) is 6.21. The SMILES string of the molecule is Nc1cccc2nc(COc3ccc(Cl)cc3)cn12. The van der Waals surface area contributed by atoms with Crippen molar-refractivity contribution >= 4 is 23.1 Å². The molecule has 96 valence electrons. The number of pyridine rings is 1. The standard InChI is InChI=1S/C14H12ClN3O/c15-10-4-6-12(7-5-10)19-9-11-8-18-13(16)2-1-3-14(18)17-11/h1-8H,9,16H2. The van der Waals surface area contributed by atoms with E-state index in [4.69, 9.17) is 22.1 Å². The van der Waals surface area contributed by atoms with Crippen LogP contribution in [0.1, 0.15) is 5.69 Å². The Morgan fingerprint density at radius 2 is 1.95 bits per heavy atom. The largest absolute Gasteiger partial charge is 0.487 e. The Labute approximate surface area is 115 Å². The van der Waals surface area contributed by atoms with Gasteiger partial charge in [-0.3, -0.25) is 4.40 Å². The lowest BCUT2D eigenvalue weighted by Gasteiger charge is -2.03. The second-order valence-electron chi connectivity index (χ2n) is 4.15. The normalized spacial score (nSPS) is 10.8. The number of nitrogens with zero attached hydrogens (tertiary/aromatic N) is 2. The minimum absolute atomic E-state index is 0.392. The van der Waals surface area contributed by atoms with Crippen LogP contribution in [0.2, 0.25) is 5.02 Å². The minimum Gasteiger partial charge on any atom is -0.487 e. The zero-order valence-corrected chi connectivity index (χ0v) is 10.8. The number of anilines is 1. The van der Waals surface area contributed by atoms with Gasteiger partial charge in [-0.05, 0) is 36.4 Å². The average Bonchev–Trinajstić information content (AvgIpc) is 2.83. The quantitative estimate of drug-likeness (QED) is 0.797. The summed E-state index contributed by atoms with van der Waals surface area (Å²) >= 11 is 5.81. The molecule has 1 aromatic carbocycles. The van der Waals surface area contributed by atoms with Crippen molar-refractivity contribution in [1.82, 2.24) is 9.38 Å². The molecular weight excluding hydrogens is 262 g/mol. The maximum atomic E-state index is 5.86. The fourth-order valence-electron chi connectivity index (χ4n) is 1.84. The summed E-state index contributed by atoms with van der Waals surface area (Å²) in [4.78, 5) is 4.44. The van der Waals surface area contributed by atoms with Crippen LogP contribution in [0.25, 0.3) is 5.65 Å². The molecule has 0 aliphatic heterocycles. The van der Waals surface area contributed by atoms with Gasteiger partial charge < -0.3 is 10.5 Å². The number of halogens is 1. The van der Waals surface area contributed by atoms with Gasteiger partial charge in [0.25, 0.3) is 0 Å². The Morgan fingerprint density at radius 3 is 2.68 bits per heavy atom. The highest BCUT2D eigenvalue weighted by Crippen LogP contribution is 2.17. The number of imidazole rings is 1. The molecule has 0 fully saturated rings. The molecule has 3 aromatic rings. The van der Waals surface area contributed by atoms with E-state index in [9.17, 15) is 0 Å². The van der Waals surface area contributed by atoms with Gasteiger partial charge in [-0.1, -0.05) is 17.7 Å². The molecule has 0 saturated carbocycles. The fraction of sp³-hybridized carbons (Fsp3) is 0.0714. The maximum absolute atomic E-state index is 5.86. The Balaban J connectivity index is 1.78. The molecule has 2 heterocycles. The van der Waals surface area contributed by atoms with Gasteiger partial charge in [-0.25, -0.2) is 4.98 Å². The summed E-state index contributed by atoms with van der Waals surface area (Å²) in [6.07, 6.45) is 1.88. The number of hydrogen-bond acceptors (Lipinski definition) is 3. The van der Waals surface area contributed by atoms with Crippen molar-refractivity contribution in [3.8, 4) is 5.75 Å². The third kappa shape index (κ3) is 2.48. The van der Waals surface area contributed by atoms with Crippen LogP contribution in [0.4, 0.5) is 5.82 Å². The van der Waals surface area contributed by atoms with Crippen molar-refractivity contribution in [1.29, 1.82) is 0 Å². The second-order valence-corrected chi connectivity index (χ2v) is 4.59. The van der Waals surface area contributed by atoms with Gasteiger partial charge in [-0.2, -0.15) is 0 Å². The van der Waals surface area contributed by atoms with Crippen molar-refractivity contribution in [2.45, 2.75) is 6.61 Å². The Kier molecular flexibility index (Phi) is 3.01. The van der Waals surface area contributed by atoms with Gasteiger partial charge in [-0.15, -0.1) is 0 Å². The molecule has 0 unspecified atom stereocenters. The second kappa shape index (κ2) is 4.82. The Morgan fingerprint density at radius 1 is 1.16 bits per heavy atom. The molecule has 0 radical (unpaired) electrons. The number of ether oxygens (including phenoxy) is 1. The Bertz CT molecular complexity index is 706. The van der Waals surface area contributed by atoms with Crippen molar-refractivity contribution in [2.24, 2.45) is 0 Å². The van der Waals surface area contributed by atoms with E-state index in [1.54, 1.807) is 12.1 Å². The highest BCUT2D eigenvalue weighted by molar-refractivity contribution is 6.30. The molecule has 0 spiro atoms. The summed E-state index contributed by atoms with van der Waals surface area (Å²) in [7, 11) is 0. The van der Waals surface area contributed by atoms with Crippen LogP contribution in [0, 0.1) is 0 Å². The minimum atomic E-state index is 0.392. The molecule has 2 aromatic heterocycles. The molecular formula is C14H12ClN3O. The van der Waals surface area contributed by atoms with Gasteiger partial charge in [0.05, 0.1) is 5.69 Å². The van der Waals surface area contributed by atoms with Crippen LogP contribution in [0.3, 0.4) is 0 Å². The number of nitrogens with two attached hydrogens (primary N) is 1. The van der Waals surface area contributed by atoms with Gasteiger partial charge in [0, 0.05) is 11.2 Å². The van der Waals surface area contributed by atoms with Crippen molar-refractivity contribution in [2.75, 3.05) is 5.73 Å². The lowest BCUT2D eigenvalue weighted by molar-refractivity contribution is 0.302. The topological polar surface area (TPSA) is 52.5 Å². The van der Waals surface area contributed by atoms with E-state index in [2.05, 4.69) is 4.98 Å². The number of rotatable bonds is 3. The highest BCUT2D eigenvalue weighted by atomic mass is 35.5. The molecule has 0 atom stereocenters. The van der Waals surface area contributed by atoms with Gasteiger partial charge >= 0.3 is 0 Å². The first-order valence-electron chi connectivity index (χ1n) is 5.83. The van der Waals surface area contributed by atoms with Crippen LogP contribution in [-0.4, -0.2) is 9.38 Å². The molecule has 4 nitrogen and oxygen atoms in total.